The van der Waals surface area contributed by atoms with Crippen molar-refractivity contribution in [1.82, 2.24) is 29.5 Å². The Bertz CT molecular complexity index is 1940. The van der Waals surface area contributed by atoms with E-state index in [-0.39, 0.29) is 18.5 Å². The lowest BCUT2D eigenvalue weighted by Gasteiger charge is -2.25. The number of carbonyl (C=O) groups excluding carboxylic acids is 1. The second-order valence-electron chi connectivity index (χ2n) is 14.3. The van der Waals surface area contributed by atoms with Crippen LogP contribution in [0.5, 0.6) is 23.4 Å². The van der Waals surface area contributed by atoms with Gasteiger partial charge in [-0.2, -0.15) is 4.98 Å². The number of ether oxygens (including phenoxy) is 6. The molecule has 15 nitrogen and oxygen atoms in total. The summed E-state index contributed by atoms with van der Waals surface area (Å²) in [6.45, 7) is 8.59. The first kappa shape index (κ1) is 39.0. The Morgan fingerprint density at radius 1 is 0.945 bits per heavy atom. The maximum atomic E-state index is 12.3. The van der Waals surface area contributed by atoms with Crippen molar-refractivity contribution >= 4 is 17.6 Å². The lowest BCUT2D eigenvalue weighted by Crippen LogP contribution is -2.36. The highest BCUT2D eigenvalue weighted by atomic mass is 16.6. The third-order valence-corrected chi connectivity index (χ3v) is 8.92. The van der Waals surface area contributed by atoms with Crippen molar-refractivity contribution in [3.63, 3.8) is 0 Å². The van der Waals surface area contributed by atoms with Crippen molar-refractivity contribution in [2.75, 3.05) is 59.1 Å². The fraction of sp³-hybridized carbons (Fsp3) is 0.425. The molecule has 0 aliphatic carbocycles. The summed E-state index contributed by atoms with van der Waals surface area (Å²) in [5, 5.41) is 16.4. The molecule has 6 rings (SSSR count). The van der Waals surface area contributed by atoms with E-state index in [1.54, 1.807) is 44.1 Å². The monoisotopic (exact) mass is 755 g/mol. The third kappa shape index (κ3) is 10.3. The molecule has 2 aromatic carbocycles. The molecule has 2 atom stereocenters. The van der Waals surface area contributed by atoms with Crippen LogP contribution in [0.3, 0.4) is 0 Å². The molecule has 55 heavy (non-hydrogen) atoms. The molecule has 4 heterocycles. The predicted octanol–water partition coefficient (Wildman–Crippen LogP) is 5.49. The molecule has 2 unspecified atom stereocenters. The summed E-state index contributed by atoms with van der Waals surface area (Å²) < 4.78 is 35.3. The van der Waals surface area contributed by atoms with Crippen LogP contribution in [-0.4, -0.2) is 101 Å². The number of pyridine rings is 1. The number of nitrogens with zero attached hydrogens (tertiary/aromatic N) is 7. The van der Waals surface area contributed by atoms with Crippen LogP contribution in [0.15, 0.2) is 73.1 Å². The van der Waals surface area contributed by atoms with E-state index in [1.165, 1.54) is 11.1 Å². The van der Waals surface area contributed by atoms with Crippen LogP contribution in [0.1, 0.15) is 55.7 Å². The summed E-state index contributed by atoms with van der Waals surface area (Å²) in [4.78, 5) is 29.9. The summed E-state index contributed by atoms with van der Waals surface area (Å²) in [6, 6.07) is 19.3. The Hall–Kier alpha value is -5.67. The summed E-state index contributed by atoms with van der Waals surface area (Å²) in [5.41, 5.74) is 2.79. The number of carbonyl (C=O) groups is 1. The first-order valence-corrected chi connectivity index (χ1v) is 18.2. The molecule has 1 amide bonds. The average Bonchev–Trinajstić information content (AvgIpc) is 3.87. The lowest BCUT2D eigenvalue weighted by molar-refractivity contribution is 0.0277. The van der Waals surface area contributed by atoms with E-state index >= 15 is 0 Å². The maximum Gasteiger partial charge on any atom is 0.410 e. The molecule has 5 aromatic rings. The Morgan fingerprint density at radius 3 is 2.18 bits per heavy atom. The highest BCUT2D eigenvalue weighted by Crippen LogP contribution is 2.30. The van der Waals surface area contributed by atoms with Crippen LogP contribution in [0.25, 0.3) is 5.65 Å². The number of amides is 1. The molecule has 1 fully saturated rings. The molecule has 1 aliphatic rings. The SMILES string of the molecule is COc1ccc(CN(Cc2ccc(OC)cc2)c2nc(OCC3CCOC3)nn3c(C(O)c4ccc(OCCN(C)C(=O)OC(C)(C)C)nc4)cnc23)cc1. The molecule has 1 saturated heterocycles. The standard InChI is InChI=1S/C40H49N7O8/c1-40(2,3)55-39(49)45(4)18-20-53-34-16-11-30(21-41-34)35(48)33-22-42-36-37(43-38(44-47(33)36)54-26-29-17-19-52-25-29)46(23-27-7-12-31(50-5)13-8-27)24-28-9-14-32(51-6)15-10-28/h7-16,21-22,29,35,48H,17-20,23-26H2,1-6H3. The van der Waals surface area contributed by atoms with Crippen molar-refractivity contribution < 1.29 is 38.3 Å². The quantitative estimate of drug-likeness (QED) is 0.135. The van der Waals surface area contributed by atoms with Crippen molar-refractivity contribution in [3.05, 3.63) is 95.4 Å². The largest absolute Gasteiger partial charge is 0.497 e. The molecule has 292 valence electrons. The molecule has 1 N–H and O–H groups in total. The number of anilines is 1. The van der Waals surface area contributed by atoms with E-state index in [4.69, 9.17) is 43.5 Å². The van der Waals surface area contributed by atoms with Gasteiger partial charge in [-0.05, 0) is 68.7 Å². The van der Waals surface area contributed by atoms with Gasteiger partial charge in [0.25, 0.3) is 0 Å². The van der Waals surface area contributed by atoms with Gasteiger partial charge in [0.15, 0.2) is 11.5 Å². The number of aliphatic hydroxyl groups excluding tert-OH is 1. The summed E-state index contributed by atoms with van der Waals surface area (Å²) in [7, 11) is 4.92. The molecular formula is C40H49N7O8. The molecule has 0 saturated carbocycles. The van der Waals surface area contributed by atoms with Gasteiger partial charge in [0.05, 0.1) is 45.9 Å². The zero-order valence-corrected chi connectivity index (χ0v) is 32.2. The van der Waals surface area contributed by atoms with Gasteiger partial charge in [-0.25, -0.2) is 19.3 Å². The molecule has 1 aliphatic heterocycles. The Labute approximate surface area is 320 Å². The number of aliphatic hydroxyl groups is 1. The summed E-state index contributed by atoms with van der Waals surface area (Å²) in [5.74, 6) is 2.60. The van der Waals surface area contributed by atoms with Gasteiger partial charge in [-0.15, -0.1) is 5.10 Å². The third-order valence-electron chi connectivity index (χ3n) is 8.92. The van der Waals surface area contributed by atoms with Crippen LogP contribution >= 0.6 is 0 Å². The number of aromatic nitrogens is 5. The van der Waals surface area contributed by atoms with E-state index < -0.39 is 17.8 Å². The zero-order chi connectivity index (χ0) is 39.0. The van der Waals surface area contributed by atoms with Crippen LogP contribution in [0.4, 0.5) is 10.6 Å². The minimum atomic E-state index is -1.15. The van der Waals surface area contributed by atoms with Crippen molar-refractivity contribution in [2.45, 2.75) is 52.0 Å². The molecule has 0 bridgehead atoms. The van der Waals surface area contributed by atoms with Crippen molar-refractivity contribution in [2.24, 2.45) is 5.92 Å². The number of rotatable bonds is 16. The van der Waals surface area contributed by atoms with Gasteiger partial charge in [-0.1, -0.05) is 24.3 Å². The number of imidazole rings is 1. The van der Waals surface area contributed by atoms with Crippen LogP contribution < -0.4 is 23.8 Å². The van der Waals surface area contributed by atoms with Crippen LogP contribution in [-0.2, 0) is 22.6 Å². The van der Waals surface area contributed by atoms with Crippen LogP contribution in [0.2, 0.25) is 0 Å². The van der Waals surface area contributed by atoms with Crippen LogP contribution in [0, 0.1) is 5.92 Å². The second-order valence-corrected chi connectivity index (χ2v) is 14.3. The van der Waals surface area contributed by atoms with Crippen molar-refractivity contribution in [1.29, 1.82) is 0 Å². The number of likely N-dealkylation sites (N-methyl/N-ethyl adjacent to an activating group) is 1. The Balaban J connectivity index is 1.28. The van der Waals surface area contributed by atoms with Crippen molar-refractivity contribution in [3.8, 4) is 23.4 Å². The minimum absolute atomic E-state index is 0.147. The molecule has 0 radical (unpaired) electrons. The fourth-order valence-electron chi connectivity index (χ4n) is 5.87. The fourth-order valence-corrected chi connectivity index (χ4v) is 5.87. The van der Waals surface area contributed by atoms with Gasteiger partial charge in [-0.3, -0.25) is 0 Å². The molecule has 15 heteroatoms. The molecular weight excluding hydrogens is 706 g/mol. The highest BCUT2D eigenvalue weighted by molar-refractivity contribution is 5.67. The summed E-state index contributed by atoms with van der Waals surface area (Å²) >= 11 is 0. The lowest BCUT2D eigenvalue weighted by atomic mass is 10.1. The number of hydrogen-bond acceptors (Lipinski definition) is 13. The molecule has 0 spiro atoms. The Kier molecular flexibility index (Phi) is 12.5. The maximum absolute atomic E-state index is 12.3. The topological polar surface area (TPSA) is 155 Å². The van der Waals surface area contributed by atoms with Gasteiger partial charge < -0.3 is 43.3 Å². The highest BCUT2D eigenvalue weighted by Gasteiger charge is 2.25. The Morgan fingerprint density at radius 2 is 1.62 bits per heavy atom. The van der Waals surface area contributed by atoms with E-state index in [9.17, 15) is 9.90 Å². The number of methoxy groups -OCH3 is 2. The zero-order valence-electron chi connectivity index (χ0n) is 32.2. The van der Waals surface area contributed by atoms with Gasteiger partial charge >= 0.3 is 12.1 Å². The summed E-state index contributed by atoms with van der Waals surface area (Å²) in [6.07, 6.45) is 2.43. The van der Waals surface area contributed by atoms with Gasteiger partial charge in [0, 0.05) is 50.5 Å². The van der Waals surface area contributed by atoms with E-state index in [0.717, 1.165) is 29.0 Å². The van der Waals surface area contributed by atoms with E-state index in [0.29, 0.717) is 68.1 Å². The van der Waals surface area contributed by atoms with E-state index in [2.05, 4.69) is 9.88 Å². The number of fused-ring (bicyclic) bond motifs is 1. The van der Waals surface area contributed by atoms with E-state index in [1.807, 2.05) is 69.3 Å². The average molecular weight is 756 g/mol. The molecule has 3 aromatic heterocycles. The smallest absolute Gasteiger partial charge is 0.410 e. The first-order valence-electron chi connectivity index (χ1n) is 18.2. The minimum Gasteiger partial charge on any atom is -0.497 e. The predicted molar refractivity (Wildman–Crippen MR) is 204 cm³/mol. The van der Waals surface area contributed by atoms with Gasteiger partial charge in [0.1, 0.15) is 29.8 Å². The number of hydrogen-bond donors (Lipinski definition) is 1. The first-order chi connectivity index (χ1) is 26.5. The number of benzene rings is 2. The van der Waals surface area contributed by atoms with Gasteiger partial charge in [0.2, 0.25) is 5.88 Å². The normalized spacial score (nSPS) is 14.7. The second kappa shape index (κ2) is 17.6.